The van der Waals surface area contributed by atoms with Gasteiger partial charge in [0.25, 0.3) is 0 Å². The van der Waals surface area contributed by atoms with Crippen molar-refractivity contribution in [1.29, 1.82) is 0 Å². The van der Waals surface area contributed by atoms with Crippen molar-refractivity contribution in [2.24, 2.45) is 10.9 Å². The van der Waals surface area contributed by atoms with Gasteiger partial charge in [0, 0.05) is 10.0 Å². The van der Waals surface area contributed by atoms with Crippen LogP contribution >= 0.6 is 15.9 Å². The van der Waals surface area contributed by atoms with Gasteiger partial charge < -0.3 is 15.7 Å². The minimum Gasteiger partial charge on any atom is -0.491 e. The molecular weight excluding hydrogens is 260 g/mol. The minimum atomic E-state index is 0.0676. The first kappa shape index (κ1) is 11.8. The predicted molar refractivity (Wildman–Crippen MR) is 62.4 cm³/mol. The van der Waals surface area contributed by atoms with Crippen molar-refractivity contribution in [1.82, 2.24) is 0 Å². The molecule has 4 nitrogen and oxygen atoms in total. The summed E-state index contributed by atoms with van der Waals surface area (Å²) in [4.78, 5) is 0. The fraction of sp³-hybridized carbons (Fsp3) is 0.300. The summed E-state index contributed by atoms with van der Waals surface area (Å²) in [5.74, 6) is 0.810. The fourth-order valence-electron chi connectivity index (χ4n) is 1.10. The normalized spacial score (nSPS) is 11.9. The summed E-state index contributed by atoms with van der Waals surface area (Å²) in [6, 6.07) is 5.29. The summed E-state index contributed by atoms with van der Waals surface area (Å²) in [7, 11) is 0. The van der Waals surface area contributed by atoms with Crippen molar-refractivity contribution < 1.29 is 9.94 Å². The van der Waals surface area contributed by atoms with Gasteiger partial charge in [-0.1, -0.05) is 5.16 Å². The third kappa shape index (κ3) is 3.13. The molecule has 15 heavy (non-hydrogen) atoms. The van der Waals surface area contributed by atoms with Gasteiger partial charge >= 0.3 is 0 Å². The molecule has 0 saturated heterocycles. The Morgan fingerprint density at radius 3 is 2.67 bits per heavy atom. The highest BCUT2D eigenvalue weighted by molar-refractivity contribution is 9.10. The van der Waals surface area contributed by atoms with Crippen LogP contribution in [0.2, 0.25) is 0 Å². The van der Waals surface area contributed by atoms with E-state index in [4.69, 9.17) is 15.7 Å². The molecule has 0 atom stereocenters. The first-order chi connectivity index (χ1) is 7.04. The summed E-state index contributed by atoms with van der Waals surface area (Å²) in [6.07, 6.45) is 0.117. The molecule has 1 aromatic carbocycles. The maximum Gasteiger partial charge on any atom is 0.171 e. The molecule has 1 aromatic rings. The lowest BCUT2D eigenvalue weighted by Crippen LogP contribution is -2.14. The molecule has 0 saturated carbocycles. The monoisotopic (exact) mass is 272 g/mol. The van der Waals surface area contributed by atoms with Crippen LogP contribution in [0.1, 0.15) is 19.4 Å². The largest absolute Gasteiger partial charge is 0.491 e. The van der Waals surface area contributed by atoms with E-state index in [0.29, 0.717) is 5.56 Å². The van der Waals surface area contributed by atoms with Gasteiger partial charge in [-0.2, -0.15) is 0 Å². The van der Waals surface area contributed by atoms with E-state index in [0.717, 1.165) is 10.2 Å². The highest BCUT2D eigenvalue weighted by Crippen LogP contribution is 2.23. The van der Waals surface area contributed by atoms with Gasteiger partial charge in [-0.3, -0.25) is 0 Å². The zero-order chi connectivity index (χ0) is 11.4. The number of benzene rings is 1. The second-order valence-electron chi connectivity index (χ2n) is 3.29. The molecule has 0 heterocycles. The number of nitrogens with two attached hydrogens (primary N) is 1. The van der Waals surface area contributed by atoms with Crippen LogP contribution in [0.15, 0.2) is 27.8 Å². The van der Waals surface area contributed by atoms with Crippen LogP contribution in [-0.4, -0.2) is 17.1 Å². The first-order valence-corrected chi connectivity index (χ1v) is 5.28. The Balaban J connectivity index is 2.98. The van der Waals surface area contributed by atoms with Gasteiger partial charge in [0.15, 0.2) is 5.84 Å². The standard InChI is InChI=1S/C10H13BrN2O2/c1-6(2)15-7-3-4-8(9(11)5-7)10(12)13-14/h3-6,14H,1-2H3,(H2,12,13). The van der Waals surface area contributed by atoms with Gasteiger partial charge in [-0.25, -0.2) is 0 Å². The van der Waals surface area contributed by atoms with Gasteiger partial charge in [-0.05, 0) is 48.0 Å². The maximum atomic E-state index is 8.54. The number of hydrogen-bond acceptors (Lipinski definition) is 3. The number of hydrogen-bond donors (Lipinski definition) is 2. The van der Waals surface area contributed by atoms with Crippen molar-refractivity contribution in [2.45, 2.75) is 20.0 Å². The minimum absolute atomic E-state index is 0.0676. The molecule has 0 unspecified atom stereocenters. The van der Waals surface area contributed by atoms with Crippen LogP contribution in [-0.2, 0) is 0 Å². The molecule has 0 amide bonds. The number of rotatable bonds is 3. The molecular formula is C10H13BrN2O2. The number of nitrogens with zero attached hydrogens (tertiary/aromatic N) is 1. The quantitative estimate of drug-likeness (QED) is 0.384. The van der Waals surface area contributed by atoms with Crippen LogP contribution in [0.5, 0.6) is 5.75 Å². The first-order valence-electron chi connectivity index (χ1n) is 4.48. The van der Waals surface area contributed by atoms with Gasteiger partial charge in [0.05, 0.1) is 6.10 Å². The smallest absolute Gasteiger partial charge is 0.171 e. The van der Waals surface area contributed by atoms with Crippen molar-refractivity contribution in [3.63, 3.8) is 0 Å². The molecule has 0 spiro atoms. The van der Waals surface area contributed by atoms with Crippen LogP contribution in [0.4, 0.5) is 0 Å². The summed E-state index contributed by atoms with van der Waals surface area (Å²) in [6.45, 7) is 3.90. The Bertz CT molecular complexity index is 378. The van der Waals surface area contributed by atoms with Crippen molar-refractivity contribution in [3.05, 3.63) is 28.2 Å². The maximum absolute atomic E-state index is 8.54. The fourth-order valence-corrected chi connectivity index (χ4v) is 1.66. The molecule has 1 rings (SSSR count). The zero-order valence-electron chi connectivity index (χ0n) is 8.57. The van der Waals surface area contributed by atoms with E-state index in [1.165, 1.54) is 0 Å². The molecule has 82 valence electrons. The average molecular weight is 273 g/mol. The van der Waals surface area contributed by atoms with Gasteiger partial charge in [-0.15, -0.1) is 0 Å². The predicted octanol–water partition coefficient (Wildman–Crippen LogP) is 2.33. The highest BCUT2D eigenvalue weighted by Gasteiger charge is 2.07. The van der Waals surface area contributed by atoms with Crippen LogP contribution < -0.4 is 10.5 Å². The molecule has 0 aliphatic rings. The number of amidine groups is 1. The van der Waals surface area contributed by atoms with E-state index < -0.39 is 0 Å². The summed E-state index contributed by atoms with van der Waals surface area (Å²) in [5, 5.41) is 11.5. The number of halogens is 1. The van der Waals surface area contributed by atoms with Gasteiger partial charge in [0.2, 0.25) is 0 Å². The molecule has 0 fully saturated rings. The summed E-state index contributed by atoms with van der Waals surface area (Å²) >= 11 is 3.33. The second-order valence-corrected chi connectivity index (χ2v) is 4.15. The molecule has 0 aromatic heterocycles. The summed E-state index contributed by atoms with van der Waals surface area (Å²) < 4.78 is 6.22. The van der Waals surface area contributed by atoms with E-state index in [1.807, 2.05) is 13.8 Å². The Hall–Kier alpha value is -1.23. The molecule has 5 heteroatoms. The lowest BCUT2D eigenvalue weighted by Gasteiger charge is -2.11. The molecule has 3 N–H and O–H groups in total. The van der Waals surface area contributed by atoms with E-state index in [1.54, 1.807) is 18.2 Å². The summed E-state index contributed by atoms with van der Waals surface area (Å²) in [5.41, 5.74) is 6.11. The van der Waals surface area contributed by atoms with E-state index >= 15 is 0 Å². The Morgan fingerprint density at radius 1 is 1.53 bits per heavy atom. The highest BCUT2D eigenvalue weighted by atomic mass is 79.9. The zero-order valence-corrected chi connectivity index (χ0v) is 10.2. The van der Waals surface area contributed by atoms with Crippen LogP contribution in [0.3, 0.4) is 0 Å². The topological polar surface area (TPSA) is 67.8 Å². The third-order valence-corrected chi connectivity index (χ3v) is 2.35. The second kappa shape index (κ2) is 5.02. The van der Waals surface area contributed by atoms with E-state index in [2.05, 4.69) is 21.1 Å². The lowest BCUT2D eigenvalue weighted by molar-refractivity contribution is 0.242. The Morgan fingerprint density at radius 2 is 2.20 bits per heavy atom. The van der Waals surface area contributed by atoms with Crippen molar-refractivity contribution in [3.8, 4) is 5.75 Å². The average Bonchev–Trinajstić information content (AvgIpc) is 2.16. The Kier molecular flexibility index (Phi) is 3.96. The van der Waals surface area contributed by atoms with E-state index in [-0.39, 0.29) is 11.9 Å². The molecule has 0 bridgehead atoms. The molecule has 0 aliphatic heterocycles. The van der Waals surface area contributed by atoms with E-state index in [9.17, 15) is 0 Å². The lowest BCUT2D eigenvalue weighted by atomic mass is 10.2. The van der Waals surface area contributed by atoms with Crippen LogP contribution in [0, 0.1) is 0 Å². The number of oxime groups is 1. The van der Waals surface area contributed by atoms with Crippen molar-refractivity contribution in [2.75, 3.05) is 0 Å². The van der Waals surface area contributed by atoms with Crippen LogP contribution in [0.25, 0.3) is 0 Å². The Labute approximate surface area is 96.9 Å². The SMILES string of the molecule is CC(C)Oc1ccc(/C(N)=N/O)c(Br)c1. The number of ether oxygens (including phenoxy) is 1. The van der Waals surface area contributed by atoms with Gasteiger partial charge in [0.1, 0.15) is 5.75 Å². The molecule has 0 aliphatic carbocycles. The third-order valence-electron chi connectivity index (χ3n) is 1.70. The van der Waals surface area contributed by atoms with Crippen molar-refractivity contribution >= 4 is 21.8 Å². The molecule has 0 radical (unpaired) electrons.